The fourth-order valence-electron chi connectivity index (χ4n) is 2.79. The van der Waals surface area contributed by atoms with Gasteiger partial charge in [0.05, 0.1) is 0 Å². The van der Waals surface area contributed by atoms with Crippen LogP contribution in [-0.4, -0.2) is 23.3 Å². The van der Waals surface area contributed by atoms with Crippen molar-refractivity contribution in [2.24, 2.45) is 0 Å². The van der Waals surface area contributed by atoms with Gasteiger partial charge in [-0.2, -0.15) is 0 Å². The van der Waals surface area contributed by atoms with Crippen molar-refractivity contribution in [2.75, 3.05) is 11.9 Å². The topological polar surface area (TPSA) is 49.4 Å². The first-order valence-electron chi connectivity index (χ1n) is 8.86. The van der Waals surface area contributed by atoms with Crippen molar-refractivity contribution < 1.29 is 18.4 Å². The lowest BCUT2D eigenvalue weighted by atomic mass is 10.1. The van der Waals surface area contributed by atoms with Crippen molar-refractivity contribution in [1.82, 2.24) is 4.90 Å². The number of carbonyl (C=O) groups excluding carboxylic acids is 2. The summed E-state index contributed by atoms with van der Waals surface area (Å²) < 4.78 is 27.8. The lowest BCUT2D eigenvalue weighted by molar-refractivity contribution is -0.117. The van der Waals surface area contributed by atoms with Gasteiger partial charge in [0, 0.05) is 33.4 Å². The monoisotopic (exact) mass is 448 g/mol. The third-order valence-corrected chi connectivity index (χ3v) is 4.70. The van der Waals surface area contributed by atoms with E-state index in [0.717, 1.165) is 11.0 Å². The SMILES string of the molecule is O=C(CN(Cc1cccc(F)c1F)C(=O)c1ccc(Cl)cc1)Nc1cccc(Cl)c1. The standard InChI is InChI=1S/C22H16Cl2F2N2O2/c23-16-9-7-14(8-10-16)22(30)28(12-15-3-1-6-19(25)21(15)26)13-20(29)27-18-5-2-4-17(24)11-18/h1-11H,12-13H2,(H,27,29). The molecule has 0 aliphatic carbocycles. The molecule has 0 aliphatic heterocycles. The Labute approximate surface area is 182 Å². The Morgan fingerprint density at radius 1 is 0.900 bits per heavy atom. The minimum Gasteiger partial charge on any atom is -0.325 e. The highest BCUT2D eigenvalue weighted by atomic mass is 35.5. The van der Waals surface area contributed by atoms with Gasteiger partial charge < -0.3 is 10.2 Å². The summed E-state index contributed by atoms with van der Waals surface area (Å²) in [5.41, 5.74) is 0.656. The Bertz CT molecular complexity index is 1070. The van der Waals surface area contributed by atoms with Gasteiger partial charge in [-0.25, -0.2) is 8.78 Å². The predicted octanol–water partition coefficient (Wildman–Crippen LogP) is 5.55. The summed E-state index contributed by atoms with van der Waals surface area (Å²) in [6, 6.07) is 16.2. The van der Waals surface area contributed by atoms with Crippen molar-refractivity contribution in [3.8, 4) is 0 Å². The Morgan fingerprint density at radius 2 is 1.60 bits per heavy atom. The van der Waals surface area contributed by atoms with Gasteiger partial charge in [-0.15, -0.1) is 0 Å². The Balaban J connectivity index is 1.84. The largest absolute Gasteiger partial charge is 0.325 e. The summed E-state index contributed by atoms with van der Waals surface area (Å²) in [6.07, 6.45) is 0. The molecule has 154 valence electrons. The molecule has 0 heterocycles. The first-order valence-corrected chi connectivity index (χ1v) is 9.62. The molecule has 0 fully saturated rings. The number of hydrogen-bond acceptors (Lipinski definition) is 2. The summed E-state index contributed by atoms with van der Waals surface area (Å²) in [4.78, 5) is 26.6. The zero-order chi connectivity index (χ0) is 21.7. The highest BCUT2D eigenvalue weighted by Gasteiger charge is 2.21. The van der Waals surface area contributed by atoms with Crippen LogP contribution in [-0.2, 0) is 11.3 Å². The number of benzene rings is 3. The minimum absolute atomic E-state index is 0.0483. The molecule has 8 heteroatoms. The van der Waals surface area contributed by atoms with Crippen molar-refractivity contribution in [2.45, 2.75) is 6.54 Å². The minimum atomic E-state index is -1.07. The van der Waals surface area contributed by atoms with Crippen LogP contribution < -0.4 is 5.32 Å². The number of amides is 2. The first kappa shape index (κ1) is 21.7. The second-order valence-corrected chi connectivity index (χ2v) is 7.31. The normalized spacial score (nSPS) is 10.5. The maximum Gasteiger partial charge on any atom is 0.254 e. The predicted molar refractivity (Wildman–Crippen MR) is 113 cm³/mol. The van der Waals surface area contributed by atoms with E-state index in [1.54, 1.807) is 24.3 Å². The summed E-state index contributed by atoms with van der Waals surface area (Å²) in [5.74, 6) is -3.15. The van der Waals surface area contributed by atoms with Crippen LogP contribution in [0.15, 0.2) is 66.7 Å². The van der Waals surface area contributed by atoms with Crippen LogP contribution in [0.5, 0.6) is 0 Å². The molecule has 2 amide bonds. The summed E-state index contributed by atoms with van der Waals surface area (Å²) in [5, 5.41) is 3.51. The van der Waals surface area contributed by atoms with Gasteiger partial charge in [0.2, 0.25) is 5.91 Å². The van der Waals surface area contributed by atoms with Crippen molar-refractivity contribution in [3.63, 3.8) is 0 Å². The van der Waals surface area contributed by atoms with Crippen LogP contribution >= 0.6 is 23.2 Å². The number of anilines is 1. The third kappa shape index (κ3) is 5.55. The van der Waals surface area contributed by atoms with E-state index < -0.39 is 23.4 Å². The molecule has 3 aromatic carbocycles. The maximum atomic E-state index is 14.2. The Hall–Kier alpha value is -2.96. The molecular weight excluding hydrogens is 433 g/mol. The Morgan fingerprint density at radius 3 is 2.30 bits per heavy atom. The lowest BCUT2D eigenvalue weighted by Gasteiger charge is -2.23. The molecular formula is C22H16Cl2F2N2O2. The van der Waals surface area contributed by atoms with E-state index in [0.29, 0.717) is 15.7 Å². The maximum absolute atomic E-state index is 14.2. The van der Waals surface area contributed by atoms with Crippen molar-refractivity contribution >= 4 is 40.7 Å². The number of halogens is 4. The van der Waals surface area contributed by atoms with Crippen molar-refractivity contribution in [1.29, 1.82) is 0 Å². The molecule has 1 N–H and O–H groups in total. The van der Waals surface area contributed by atoms with Crippen LogP contribution in [0.25, 0.3) is 0 Å². The van der Waals surface area contributed by atoms with Gasteiger partial charge in [-0.1, -0.05) is 41.4 Å². The van der Waals surface area contributed by atoms with Gasteiger partial charge in [-0.3, -0.25) is 9.59 Å². The first-order chi connectivity index (χ1) is 14.3. The van der Waals surface area contributed by atoms with E-state index in [2.05, 4.69) is 5.32 Å². The molecule has 0 aromatic heterocycles. The van der Waals surface area contributed by atoms with Crippen LogP contribution in [0.4, 0.5) is 14.5 Å². The zero-order valence-electron chi connectivity index (χ0n) is 15.5. The second kappa shape index (κ2) is 9.69. The van der Waals surface area contributed by atoms with Gasteiger partial charge in [-0.05, 0) is 48.5 Å². The van der Waals surface area contributed by atoms with Crippen LogP contribution in [0, 0.1) is 11.6 Å². The molecule has 0 saturated heterocycles. The van der Waals surface area contributed by atoms with Gasteiger partial charge >= 0.3 is 0 Å². The third-order valence-electron chi connectivity index (χ3n) is 4.21. The number of rotatable bonds is 6. The van der Waals surface area contributed by atoms with Gasteiger partial charge in [0.1, 0.15) is 6.54 Å². The van der Waals surface area contributed by atoms with E-state index in [1.165, 1.54) is 36.4 Å². The molecule has 3 rings (SSSR count). The fraction of sp³-hybridized carbons (Fsp3) is 0.0909. The van der Waals surface area contributed by atoms with Crippen LogP contribution in [0.1, 0.15) is 15.9 Å². The Kier molecular flexibility index (Phi) is 7.03. The molecule has 0 spiro atoms. The molecule has 0 bridgehead atoms. The summed E-state index contributed by atoms with van der Waals surface area (Å²) in [7, 11) is 0. The van der Waals surface area contributed by atoms with Crippen LogP contribution in [0.2, 0.25) is 10.0 Å². The van der Waals surface area contributed by atoms with E-state index in [9.17, 15) is 18.4 Å². The average molecular weight is 449 g/mol. The quantitative estimate of drug-likeness (QED) is 0.537. The molecule has 3 aromatic rings. The number of hydrogen-bond donors (Lipinski definition) is 1. The van der Waals surface area contributed by atoms with Gasteiger partial charge in [0.15, 0.2) is 11.6 Å². The average Bonchev–Trinajstić information content (AvgIpc) is 2.71. The molecule has 0 saturated carbocycles. The molecule has 0 unspecified atom stereocenters. The number of carbonyl (C=O) groups is 2. The molecule has 0 radical (unpaired) electrons. The number of nitrogens with one attached hydrogen (secondary N) is 1. The van der Waals surface area contributed by atoms with Crippen LogP contribution in [0.3, 0.4) is 0 Å². The van der Waals surface area contributed by atoms with E-state index in [4.69, 9.17) is 23.2 Å². The lowest BCUT2D eigenvalue weighted by Crippen LogP contribution is -2.37. The smallest absolute Gasteiger partial charge is 0.254 e. The van der Waals surface area contributed by atoms with Gasteiger partial charge in [0.25, 0.3) is 5.91 Å². The zero-order valence-corrected chi connectivity index (χ0v) is 17.1. The summed E-state index contributed by atoms with van der Waals surface area (Å²) in [6.45, 7) is -0.683. The van der Waals surface area contributed by atoms with E-state index in [-0.39, 0.29) is 24.2 Å². The highest BCUT2D eigenvalue weighted by Crippen LogP contribution is 2.18. The van der Waals surface area contributed by atoms with Crippen molar-refractivity contribution in [3.05, 3.63) is 99.5 Å². The number of nitrogens with zero attached hydrogens (tertiary/aromatic N) is 1. The molecule has 4 nitrogen and oxygen atoms in total. The highest BCUT2D eigenvalue weighted by molar-refractivity contribution is 6.31. The van der Waals surface area contributed by atoms with E-state index >= 15 is 0 Å². The summed E-state index contributed by atoms with van der Waals surface area (Å²) >= 11 is 11.8. The second-order valence-electron chi connectivity index (χ2n) is 6.44. The molecule has 30 heavy (non-hydrogen) atoms. The molecule has 0 atom stereocenters. The fourth-order valence-corrected chi connectivity index (χ4v) is 3.11. The van der Waals surface area contributed by atoms with E-state index in [1.807, 2.05) is 0 Å². The molecule has 0 aliphatic rings.